The Balaban J connectivity index is 0.00000182. The lowest BCUT2D eigenvalue weighted by Gasteiger charge is -2.31. The Bertz CT molecular complexity index is 555. The Morgan fingerprint density at radius 3 is 2.15 bits per heavy atom. The van der Waals surface area contributed by atoms with E-state index in [9.17, 15) is 4.79 Å². The first kappa shape index (κ1) is 24.2. The number of hydrogen-bond donors (Lipinski definition) is 2. The van der Waals surface area contributed by atoms with E-state index in [1.807, 2.05) is 0 Å². The number of likely N-dealkylation sites (tertiary alicyclic amines) is 1. The molecule has 5 nitrogen and oxygen atoms in total. The molecular weight excluding hydrogens is 385 g/mol. The molecule has 1 amide bonds. The molecule has 3 rings (SSSR count). The Labute approximate surface area is 175 Å². The van der Waals surface area contributed by atoms with Crippen LogP contribution in [0.2, 0.25) is 0 Å². The molecule has 1 aromatic rings. The van der Waals surface area contributed by atoms with E-state index in [1.54, 1.807) is 0 Å². The molecule has 0 saturated carbocycles. The van der Waals surface area contributed by atoms with E-state index in [4.69, 9.17) is 10.5 Å². The summed E-state index contributed by atoms with van der Waals surface area (Å²) in [6.45, 7) is 5.10. The monoisotopic (exact) mass is 417 g/mol. The number of rotatable bonds is 5. The van der Waals surface area contributed by atoms with Gasteiger partial charge in [0.05, 0.1) is 5.54 Å². The van der Waals surface area contributed by atoms with Crippen LogP contribution in [0.5, 0.6) is 0 Å². The van der Waals surface area contributed by atoms with Gasteiger partial charge in [-0.05, 0) is 49.9 Å². The quantitative estimate of drug-likeness (QED) is 0.772. The van der Waals surface area contributed by atoms with Gasteiger partial charge in [-0.15, -0.1) is 24.8 Å². The van der Waals surface area contributed by atoms with Crippen LogP contribution in [0, 0.1) is 0 Å². The van der Waals surface area contributed by atoms with E-state index in [2.05, 4.69) is 34.5 Å². The maximum absolute atomic E-state index is 12.4. The minimum atomic E-state index is -0.773. The number of ether oxygens (including phenoxy) is 1. The van der Waals surface area contributed by atoms with Gasteiger partial charge in [0.25, 0.3) is 0 Å². The van der Waals surface area contributed by atoms with Crippen LogP contribution < -0.4 is 11.1 Å². The summed E-state index contributed by atoms with van der Waals surface area (Å²) in [5, 5.41) is 2.99. The second kappa shape index (κ2) is 11.9. The maximum atomic E-state index is 12.4. The topological polar surface area (TPSA) is 67.6 Å². The summed E-state index contributed by atoms with van der Waals surface area (Å²) in [7, 11) is 0. The van der Waals surface area contributed by atoms with Gasteiger partial charge in [-0.25, -0.2) is 0 Å². The van der Waals surface area contributed by atoms with Crippen LogP contribution in [0.25, 0.3) is 0 Å². The molecule has 0 radical (unpaired) electrons. The first-order valence-corrected chi connectivity index (χ1v) is 9.61. The smallest absolute Gasteiger partial charge is 0.240 e. The first-order chi connectivity index (χ1) is 12.2. The van der Waals surface area contributed by atoms with E-state index in [0.29, 0.717) is 32.6 Å². The molecule has 0 spiro atoms. The normalized spacial score (nSPS) is 19.9. The number of hydrogen-bond acceptors (Lipinski definition) is 4. The van der Waals surface area contributed by atoms with E-state index >= 15 is 0 Å². The van der Waals surface area contributed by atoms with Gasteiger partial charge in [-0.1, -0.05) is 37.1 Å². The first-order valence-electron chi connectivity index (χ1n) is 9.61. The highest BCUT2D eigenvalue weighted by Gasteiger charge is 2.35. The maximum Gasteiger partial charge on any atom is 0.240 e. The van der Waals surface area contributed by atoms with Gasteiger partial charge in [0.1, 0.15) is 0 Å². The molecule has 2 aliphatic rings. The molecule has 2 saturated heterocycles. The molecule has 0 atom stereocenters. The third-order valence-electron chi connectivity index (χ3n) is 5.42. The number of benzene rings is 1. The zero-order valence-corrected chi connectivity index (χ0v) is 17.6. The minimum Gasteiger partial charge on any atom is -0.381 e. The standard InChI is InChI=1S/C20H31N3O2.2ClH/c21-20(9-13-25-14-10-20)19(24)22-15-17-5-7-18(8-6-17)16-23-11-3-1-2-4-12-23;;/h5-8H,1-4,9-16,21H2,(H,22,24);2*1H. The number of nitrogens with two attached hydrogens (primary N) is 1. The highest BCUT2D eigenvalue weighted by atomic mass is 35.5. The number of carbonyl (C=O) groups is 1. The predicted octanol–water partition coefficient (Wildman–Crippen LogP) is 3.03. The molecule has 0 aliphatic carbocycles. The molecule has 0 aromatic heterocycles. The predicted molar refractivity (Wildman–Crippen MR) is 114 cm³/mol. The summed E-state index contributed by atoms with van der Waals surface area (Å²) in [5.74, 6) is -0.0653. The Kier molecular flexibility index (Phi) is 10.6. The average molecular weight is 418 g/mol. The number of carbonyl (C=O) groups excluding carboxylic acids is 1. The van der Waals surface area contributed by atoms with Gasteiger partial charge in [0, 0.05) is 26.3 Å². The van der Waals surface area contributed by atoms with Crippen LogP contribution in [0.1, 0.15) is 49.7 Å². The van der Waals surface area contributed by atoms with Crippen molar-refractivity contribution in [3.05, 3.63) is 35.4 Å². The van der Waals surface area contributed by atoms with Gasteiger partial charge >= 0.3 is 0 Å². The van der Waals surface area contributed by atoms with E-state index in [0.717, 1.165) is 12.1 Å². The number of amides is 1. The third-order valence-corrected chi connectivity index (χ3v) is 5.42. The van der Waals surface area contributed by atoms with Crippen LogP contribution >= 0.6 is 24.8 Å². The van der Waals surface area contributed by atoms with E-state index in [-0.39, 0.29) is 30.7 Å². The van der Waals surface area contributed by atoms with Gasteiger partial charge in [0.2, 0.25) is 5.91 Å². The fraction of sp³-hybridized carbons (Fsp3) is 0.650. The van der Waals surface area contributed by atoms with Crippen molar-refractivity contribution in [1.29, 1.82) is 0 Å². The summed E-state index contributed by atoms with van der Waals surface area (Å²) < 4.78 is 5.30. The molecule has 0 bridgehead atoms. The zero-order chi connectivity index (χ0) is 17.5. The van der Waals surface area contributed by atoms with Gasteiger partial charge in [-0.2, -0.15) is 0 Å². The highest BCUT2D eigenvalue weighted by molar-refractivity contribution is 5.86. The largest absolute Gasteiger partial charge is 0.381 e. The van der Waals surface area contributed by atoms with Gasteiger partial charge in [-0.3, -0.25) is 9.69 Å². The average Bonchev–Trinajstić information content (AvgIpc) is 2.90. The Morgan fingerprint density at radius 2 is 1.56 bits per heavy atom. The lowest BCUT2D eigenvalue weighted by Crippen LogP contribution is -2.56. The van der Waals surface area contributed by atoms with Crippen LogP contribution in [-0.2, 0) is 22.6 Å². The number of nitrogens with one attached hydrogen (secondary N) is 1. The van der Waals surface area contributed by atoms with Gasteiger partial charge < -0.3 is 15.8 Å². The van der Waals surface area contributed by atoms with Crippen molar-refractivity contribution in [2.75, 3.05) is 26.3 Å². The summed E-state index contributed by atoms with van der Waals surface area (Å²) in [6, 6.07) is 8.58. The molecule has 0 unspecified atom stereocenters. The Morgan fingerprint density at radius 1 is 1.00 bits per heavy atom. The van der Waals surface area contributed by atoms with Crippen molar-refractivity contribution < 1.29 is 9.53 Å². The van der Waals surface area contributed by atoms with Crippen LogP contribution in [0.3, 0.4) is 0 Å². The molecule has 154 valence electrons. The molecule has 7 heteroatoms. The van der Waals surface area contributed by atoms with Crippen LogP contribution in [0.4, 0.5) is 0 Å². The second-order valence-electron chi connectivity index (χ2n) is 7.46. The molecule has 2 heterocycles. The fourth-order valence-electron chi connectivity index (χ4n) is 3.64. The summed E-state index contributed by atoms with van der Waals surface area (Å²) in [4.78, 5) is 14.9. The van der Waals surface area contributed by atoms with Crippen molar-refractivity contribution in [3.8, 4) is 0 Å². The van der Waals surface area contributed by atoms with Crippen molar-refractivity contribution >= 4 is 30.7 Å². The SMILES string of the molecule is Cl.Cl.NC1(C(=O)NCc2ccc(CN3CCCCCC3)cc2)CCOCC1. The molecule has 27 heavy (non-hydrogen) atoms. The molecular formula is C20H33Cl2N3O2. The lowest BCUT2D eigenvalue weighted by atomic mass is 9.90. The number of nitrogens with zero attached hydrogens (tertiary/aromatic N) is 1. The molecule has 2 fully saturated rings. The fourth-order valence-corrected chi connectivity index (χ4v) is 3.64. The summed E-state index contributed by atoms with van der Waals surface area (Å²) in [6.07, 6.45) is 6.54. The highest BCUT2D eigenvalue weighted by Crippen LogP contribution is 2.18. The van der Waals surface area contributed by atoms with Crippen molar-refractivity contribution in [2.45, 2.75) is 57.2 Å². The van der Waals surface area contributed by atoms with Gasteiger partial charge in [0.15, 0.2) is 0 Å². The van der Waals surface area contributed by atoms with Crippen molar-refractivity contribution in [1.82, 2.24) is 10.2 Å². The number of halogens is 2. The molecule has 1 aromatic carbocycles. The Hall–Kier alpha value is -0.850. The third kappa shape index (κ3) is 7.24. The second-order valence-corrected chi connectivity index (χ2v) is 7.46. The minimum absolute atomic E-state index is 0. The van der Waals surface area contributed by atoms with Crippen LogP contribution in [-0.4, -0.2) is 42.6 Å². The van der Waals surface area contributed by atoms with E-state index < -0.39 is 5.54 Å². The molecule has 2 aliphatic heterocycles. The molecule has 3 N–H and O–H groups in total. The summed E-state index contributed by atoms with van der Waals surface area (Å²) >= 11 is 0. The van der Waals surface area contributed by atoms with E-state index in [1.165, 1.54) is 44.3 Å². The van der Waals surface area contributed by atoms with Crippen molar-refractivity contribution in [3.63, 3.8) is 0 Å². The summed E-state index contributed by atoms with van der Waals surface area (Å²) in [5.41, 5.74) is 7.90. The van der Waals surface area contributed by atoms with Crippen molar-refractivity contribution in [2.24, 2.45) is 5.73 Å². The van der Waals surface area contributed by atoms with Crippen LogP contribution in [0.15, 0.2) is 24.3 Å². The lowest BCUT2D eigenvalue weighted by molar-refractivity contribution is -0.129. The zero-order valence-electron chi connectivity index (χ0n) is 16.0.